The first-order valence-electron chi connectivity index (χ1n) is 7.18. The lowest BCUT2D eigenvalue weighted by atomic mass is 10.2. The Hall–Kier alpha value is -0.970. The molecule has 1 unspecified atom stereocenters. The van der Waals surface area contributed by atoms with Gasteiger partial charge in [0, 0.05) is 32.1 Å². The Balaban J connectivity index is 1.94. The first-order chi connectivity index (χ1) is 9.33. The third-order valence-electron chi connectivity index (χ3n) is 2.88. The molecule has 4 nitrogen and oxygen atoms in total. The van der Waals surface area contributed by atoms with Crippen molar-refractivity contribution in [1.82, 2.24) is 10.3 Å². The second kappa shape index (κ2) is 10.9. The van der Waals surface area contributed by atoms with Gasteiger partial charge in [-0.05, 0) is 18.1 Å². The van der Waals surface area contributed by atoms with Gasteiger partial charge < -0.3 is 15.2 Å². The minimum absolute atomic E-state index is 0.409. The summed E-state index contributed by atoms with van der Waals surface area (Å²) in [6.45, 7) is 4.62. The molecule has 4 heteroatoms. The molecule has 0 spiro atoms. The molecule has 1 aromatic heterocycles. The molecule has 0 fully saturated rings. The lowest BCUT2D eigenvalue weighted by Crippen LogP contribution is -2.30. The number of nitrogens with one attached hydrogen (secondary N) is 1. The SMILES string of the molecule is CCCCCCOCC(O)CNCc1cccnc1. The van der Waals surface area contributed by atoms with Gasteiger partial charge in [0.15, 0.2) is 0 Å². The van der Waals surface area contributed by atoms with Gasteiger partial charge >= 0.3 is 0 Å². The zero-order chi connectivity index (χ0) is 13.8. The normalized spacial score (nSPS) is 12.5. The molecule has 0 saturated heterocycles. The zero-order valence-corrected chi connectivity index (χ0v) is 11.8. The molecule has 1 atom stereocenters. The molecule has 0 aliphatic rings. The van der Waals surface area contributed by atoms with Crippen molar-refractivity contribution in [2.75, 3.05) is 19.8 Å². The van der Waals surface area contributed by atoms with E-state index < -0.39 is 6.10 Å². The number of aromatic nitrogens is 1. The molecule has 1 heterocycles. The van der Waals surface area contributed by atoms with Crippen LogP contribution in [0.3, 0.4) is 0 Å². The van der Waals surface area contributed by atoms with Crippen LogP contribution in [-0.4, -0.2) is 36.0 Å². The van der Waals surface area contributed by atoms with Crippen molar-refractivity contribution in [2.24, 2.45) is 0 Å². The smallest absolute Gasteiger partial charge is 0.0897 e. The van der Waals surface area contributed by atoms with Gasteiger partial charge in [0.2, 0.25) is 0 Å². The van der Waals surface area contributed by atoms with Gasteiger partial charge in [0.1, 0.15) is 0 Å². The number of aliphatic hydroxyl groups is 1. The van der Waals surface area contributed by atoms with E-state index in [4.69, 9.17) is 4.74 Å². The quantitative estimate of drug-likeness (QED) is 0.602. The van der Waals surface area contributed by atoms with Crippen LogP contribution in [0.5, 0.6) is 0 Å². The molecular weight excluding hydrogens is 240 g/mol. The molecule has 1 rings (SSSR count). The number of hydrogen-bond donors (Lipinski definition) is 2. The second-order valence-corrected chi connectivity index (χ2v) is 4.78. The van der Waals surface area contributed by atoms with E-state index in [9.17, 15) is 5.11 Å². The van der Waals surface area contributed by atoms with Gasteiger partial charge in [-0.2, -0.15) is 0 Å². The van der Waals surface area contributed by atoms with E-state index >= 15 is 0 Å². The van der Waals surface area contributed by atoms with Crippen LogP contribution in [0.25, 0.3) is 0 Å². The molecular formula is C15H26N2O2. The van der Waals surface area contributed by atoms with Crippen LogP contribution in [0, 0.1) is 0 Å². The van der Waals surface area contributed by atoms with Gasteiger partial charge in [0.05, 0.1) is 12.7 Å². The molecule has 0 radical (unpaired) electrons. The van der Waals surface area contributed by atoms with E-state index in [1.807, 2.05) is 18.3 Å². The molecule has 0 aliphatic heterocycles. The van der Waals surface area contributed by atoms with Gasteiger partial charge in [0.25, 0.3) is 0 Å². The maximum atomic E-state index is 9.73. The first-order valence-corrected chi connectivity index (χ1v) is 7.18. The predicted octanol–water partition coefficient (Wildman–Crippen LogP) is 2.13. The molecule has 2 N–H and O–H groups in total. The lowest BCUT2D eigenvalue weighted by molar-refractivity contribution is 0.0353. The number of hydrogen-bond acceptors (Lipinski definition) is 4. The Morgan fingerprint density at radius 3 is 3.00 bits per heavy atom. The average molecular weight is 266 g/mol. The monoisotopic (exact) mass is 266 g/mol. The Morgan fingerprint density at radius 1 is 1.37 bits per heavy atom. The van der Waals surface area contributed by atoms with Crippen LogP contribution in [0.1, 0.15) is 38.2 Å². The topological polar surface area (TPSA) is 54.4 Å². The summed E-state index contributed by atoms with van der Waals surface area (Å²) in [4.78, 5) is 4.04. The molecule has 0 bridgehead atoms. The largest absolute Gasteiger partial charge is 0.389 e. The zero-order valence-electron chi connectivity index (χ0n) is 11.8. The van der Waals surface area contributed by atoms with E-state index in [2.05, 4.69) is 17.2 Å². The van der Waals surface area contributed by atoms with E-state index in [0.29, 0.717) is 13.2 Å². The molecule has 108 valence electrons. The summed E-state index contributed by atoms with van der Waals surface area (Å²) in [6.07, 6.45) is 7.94. The van der Waals surface area contributed by atoms with Crippen molar-refractivity contribution in [3.05, 3.63) is 30.1 Å². The maximum absolute atomic E-state index is 9.73. The highest BCUT2D eigenvalue weighted by Crippen LogP contribution is 1.99. The summed E-state index contributed by atoms with van der Waals surface area (Å²) >= 11 is 0. The number of rotatable bonds is 11. The fourth-order valence-corrected chi connectivity index (χ4v) is 1.80. The Morgan fingerprint density at radius 2 is 2.26 bits per heavy atom. The van der Waals surface area contributed by atoms with E-state index in [1.54, 1.807) is 6.20 Å². The Labute approximate surface area is 116 Å². The van der Waals surface area contributed by atoms with Crippen molar-refractivity contribution in [1.29, 1.82) is 0 Å². The third kappa shape index (κ3) is 8.70. The number of nitrogens with zero attached hydrogens (tertiary/aromatic N) is 1. The standard InChI is InChI=1S/C15H26N2O2/c1-2-3-4-5-9-19-13-15(18)12-17-11-14-7-6-8-16-10-14/h6-8,10,15,17-18H,2-5,9,11-13H2,1H3. The Bertz CT molecular complexity index is 306. The van der Waals surface area contributed by atoms with Crippen molar-refractivity contribution in [2.45, 2.75) is 45.3 Å². The molecule has 19 heavy (non-hydrogen) atoms. The highest BCUT2D eigenvalue weighted by molar-refractivity contribution is 5.07. The van der Waals surface area contributed by atoms with Crippen molar-refractivity contribution < 1.29 is 9.84 Å². The van der Waals surface area contributed by atoms with Crippen molar-refractivity contribution in [3.8, 4) is 0 Å². The summed E-state index contributed by atoms with van der Waals surface area (Å²) in [6, 6.07) is 3.92. The van der Waals surface area contributed by atoms with E-state index in [1.165, 1.54) is 19.3 Å². The summed E-state index contributed by atoms with van der Waals surface area (Å²) in [5.74, 6) is 0. The van der Waals surface area contributed by atoms with Crippen LogP contribution in [0.4, 0.5) is 0 Å². The van der Waals surface area contributed by atoms with Crippen LogP contribution in [0.2, 0.25) is 0 Å². The second-order valence-electron chi connectivity index (χ2n) is 4.78. The number of pyridine rings is 1. The van der Waals surface area contributed by atoms with Gasteiger partial charge in [-0.15, -0.1) is 0 Å². The molecule has 1 aromatic rings. The van der Waals surface area contributed by atoms with Crippen LogP contribution >= 0.6 is 0 Å². The van der Waals surface area contributed by atoms with Crippen LogP contribution in [0.15, 0.2) is 24.5 Å². The predicted molar refractivity (Wildman–Crippen MR) is 76.9 cm³/mol. The fraction of sp³-hybridized carbons (Fsp3) is 0.667. The average Bonchev–Trinajstić information content (AvgIpc) is 2.44. The summed E-state index contributed by atoms with van der Waals surface area (Å²) in [7, 11) is 0. The van der Waals surface area contributed by atoms with Gasteiger partial charge in [-0.25, -0.2) is 0 Å². The van der Waals surface area contributed by atoms with Crippen molar-refractivity contribution >= 4 is 0 Å². The molecule has 0 amide bonds. The number of ether oxygens (including phenoxy) is 1. The van der Waals surface area contributed by atoms with E-state index in [-0.39, 0.29) is 0 Å². The molecule has 0 aliphatic carbocycles. The van der Waals surface area contributed by atoms with Crippen molar-refractivity contribution in [3.63, 3.8) is 0 Å². The van der Waals surface area contributed by atoms with Crippen LogP contribution in [-0.2, 0) is 11.3 Å². The maximum Gasteiger partial charge on any atom is 0.0897 e. The first kappa shape index (κ1) is 16.1. The fourth-order valence-electron chi connectivity index (χ4n) is 1.80. The summed E-state index contributed by atoms with van der Waals surface area (Å²) in [5.41, 5.74) is 1.12. The minimum atomic E-state index is -0.442. The molecule has 0 aromatic carbocycles. The highest BCUT2D eigenvalue weighted by atomic mass is 16.5. The number of unbranched alkanes of at least 4 members (excludes halogenated alkanes) is 3. The van der Waals surface area contributed by atoms with Crippen LogP contribution < -0.4 is 5.32 Å². The minimum Gasteiger partial charge on any atom is -0.389 e. The van der Waals surface area contributed by atoms with E-state index in [0.717, 1.165) is 25.1 Å². The molecule has 0 saturated carbocycles. The third-order valence-corrected chi connectivity index (χ3v) is 2.88. The highest BCUT2D eigenvalue weighted by Gasteiger charge is 2.03. The van der Waals surface area contributed by atoms with Gasteiger partial charge in [-0.1, -0.05) is 32.3 Å². The number of aliphatic hydroxyl groups excluding tert-OH is 1. The Kier molecular flexibility index (Phi) is 9.23. The van der Waals surface area contributed by atoms with Gasteiger partial charge in [-0.3, -0.25) is 4.98 Å². The summed E-state index contributed by atoms with van der Waals surface area (Å²) < 4.78 is 5.44. The summed E-state index contributed by atoms with van der Waals surface area (Å²) in [5, 5.41) is 12.9. The lowest BCUT2D eigenvalue weighted by Gasteiger charge is -2.12.